The molecule has 3 N–H and O–H groups in total. The van der Waals surface area contributed by atoms with E-state index >= 15 is 0 Å². The van der Waals surface area contributed by atoms with Crippen molar-refractivity contribution in [1.29, 1.82) is 0 Å². The van der Waals surface area contributed by atoms with Gasteiger partial charge in [0.25, 0.3) is 0 Å². The first-order chi connectivity index (χ1) is 4.69. The van der Waals surface area contributed by atoms with Crippen LogP contribution < -0.4 is 5.32 Å². The first-order valence-electron chi connectivity index (χ1n) is 3.14. The molecular formula is C7H11NO2. The molecule has 3 nitrogen and oxygen atoms in total. The van der Waals surface area contributed by atoms with Gasteiger partial charge in [-0.25, -0.2) is 0 Å². The molecule has 0 spiro atoms. The van der Waals surface area contributed by atoms with Crippen molar-refractivity contribution < 1.29 is 10.2 Å². The zero-order valence-corrected chi connectivity index (χ0v) is 5.83. The summed E-state index contributed by atoms with van der Waals surface area (Å²) in [5, 5.41) is 20.9. The minimum absolute atomic E-state index is 0.111. The van der Waals surface area contributed by atoms with E-state index in [0.717, 1.165) is 0 Å². The molecule has 0 aromatic heterocycles. The van der Waals surface area contributed by atoms with Crippen LogP contribution in [0.25, 0.3) is 0 Å². The van der Waals surface area contributed by atoms with Crippen molar-refractivity contribution >= 4 is 0 Å². The molecule has 56 valence electrons. The van der Waals surface area contributed by atoms with Crippen LogP contribution in [0.1, 0.15) is 6.92 Å². The van der Waals surface area contributed by atoms with Gasteiger partial charge in [0.2, 0.25) is 0 Å². The molecule has 0 aliphatic carbocycles. The number of nitrogens with one attached hydrogen (secondary N) is 1. The molecule has 1 rings (SSSR count). The number of dihydropyridines is 1. The molecule has 0 aromatic rings. The highest BCUT2D eigenvalue weighted by atomic mass is 16.3. The number of rotatable bonds is 1. The Morgan fingerprint density at radius 3 is 2.80 bits per heavy atom. The van der Waals surface area contributed by atoms with Gasteiger partial charge in [-0.15, -0.1) is 0 Å². The fourth-order valence-corrected chi connectivity index (χ4v) is 0.756. The summed E-state index contributed by atoms with van der Waals surface area (Å²) in [7, 11) is 0. The van der Waals surface area contributed by atoms with Crippen LogP contribution in [0, 0.1) is 0 Å². The Morgan fingerprint density at radius 1 is 1.70 bits per heavy atom. The van der Waals surface area contributed by atoms with Gasteiger partial charge in [0.05, 0.1) is 6.61 Å². The van der Waals surface area contributed by atoms with Crippen molar-refractivity contribution in [2.75, 3.05) is 6.61 Å². The summed E-state index contributed by atoms with van der Waals surface area (Å²) >= 11 is 0. The maximum atomic E-state index is 9.22. The molecule has 0 fully saturated rings. The largest absolute Gasteiger partial charge is 0.510 e. The molecule has 0 radical (unpaired) electrons. The average Bonchev–Trinajstić information content (AvgIpc) is 1.96. The topological polar surface area (TPSA) is 52.5 Å². The van der Waals surface area contributed by atoms with Crippen molar-refractivity contribution in [2.45, 2.75) is 12.5 Å². The lowest BCUT2D eigenvalue weighted by atomic mass is 9.99. The molecule has 0 saturated carbocycles. The number of allylic oxidation sites excluding steroid dienone is 2. The molecule has 0 amide bonds. The number of hydrogen-bond donors (Lipinski definition) is 3. The first-order valence-corrected chi connectivity index (χ1v) is 3.14. The highest BCUT2D eigenvalue weighted by Gasteiger charge is 2.27. The standard InChI is InChI=1S/C7H11NO2/c1-7(5-9)6(10)3-2-4-8-7/h2-4,8-10H,5H2,1H3. The van der Waals surface area contributed by atoms with Gasteiger partial charge in [0, 0.05) is 0 Å². The van der Waals surface area contributed by atoms with Gasteiger partial charge in [0.15, 0.2) is 0 Å². The van der Waals surface area contributed by atoms with E-state index in [0.29, 0.717) is 0 Å². The molecule has 1 heterocycles. The maximum Gasteiger partial charge on any atom is 0.120 e. The second-order valence-electron chi connectivity index (χ2n) is 2.55. The summed E-state index contributed by atoms with van der Waals surface area (Å²) in [5.41, 5.74) is -0.686. The van der Waals surface area contributed by atoms with E-state index in [1.807, 2.05) is 0 Å². The quantitative estimate of drug-likeness (QED) is 0.492. The van der Waals surface area contributed by atoms with E-state index in [4.69, 9.17) is 5.11 Å². The smallest absolute Gasteiger partial charge is 0.120 e. The van der Waals surface area contributed by atoms with Crippen LogP contribution >= 0.6 is 0 Å². The van der Waals surface area contributed by atoms with Crippen LogP contribution in [0.5, 0.6) is 0 Å². The third-order valence-electron chi connectivity index (χ3n) is 1.63. The molecule has 10 heavy (non-hydrogen) atoms. The molecule has 0 saturated heterocycles. The van der Waals surface area contributed by atoms with Crippen LogP contribution in [0.15, 0.2) is 24.1 Å². The second-order valence-corrected chi connectivity index (χ2v) is 2.55. The predicted octanol–water partition coefficient (Wildman–Crippen LogP) is 0.296. The molecule has 3 heteroatoms. The van der Waals surface area contributed by atoms with Crippen molar-refractivity contribution in [3.05, 3.63) is 24.1 Å². The van der Waals surface area contributed by atoms with Crippen LogP contribution in [0.4, 0.5) is 0 Å². The lowest BCUT2D eigenvalue weighted by Crippen LogP contribution is -2.45. The minimum atomic E-state index is -0.686. The zero-order chi connectivity index (χ0) is 7.61. The number of aliphatic hydroxyl groups is 2. The van der Waals surface area contributed by atoms with E-state index in [-0.39, 0.29) is 12.4 Å². The summed E-state index contributed by atoms with van der Waals surface area (Å²) in [6.07, 6.45) is 4.94. The normalized spacial score (nSPS) is 31.2. The maximum absolute atomic E-state index is 9.22. The van der Waals surface area contributed by atoms with Gasteiger partial charge in [-0.1, -0.05) is 0 Å². The predicted molar refractivity (Wildman–Crippen MR) is 38.5 cm³/mol. The monoisotopic (exact) mass is 141 g/mol. The molecule has 1 atom stereocenters. The van der Waals surface area contributed by atoms with Crippen LogP contribution in [-0.4, -0.2) is 22.4 Å². The summed E-state index contributed by atoms with van der Waals surface area (Å²) in [4.78, 5) is 0. The van der Waals surface area contributed by atoms with Gasteiger partial charge >= 0.3 is 0 Å². The summed E-state index contributed by atoms with van der Waals surface area (Å²) in [5.74, 6) is 0.164. The fourth-order valence-electron chi connectivity index (χ4n) is 0.756. The zero-order valence-electron chi connectivity index (χ0n) is 5.83. The Balaban J connectivity index is 2.81. The highest BCUT2D eigenvalue weighted by molar-refractivity contribution is 5.23. The molecule has 0 bridgehead atoms. The van der Waals surface area contributed by atoms with Crippen molar-refractivity contribution in [2.24, 2.45) is 0 Å². The van der Waals surface area contributed by atoms with Crippen LogP contribution in [0.2, 0.25) is 0 Å². The van der Waals surface area contributed by atoms with E-state index in [1.54, 1.807) is 25.3 Å². The Morgan fingerprint density at radius 2 is 2.40 bits per heavy atom. The van der Waals surface area contributed by atoms with Gasteiger partial charge in [0.1, 0.15) is 11.3 Å². The van der Waals surface area contributed by atoms with Gasteiger partial charge in [-0.3, -0.25) is 0 Å². The van der Waals surface area contributed by atoms with Gasteiger partial charge < -0.3 is 15.5 Å². The molecule has 0 aromatic carbocycles. The SMILES string of the molecule is CC1(CO)NC=CC=C1O. The number of hydrogen-bond acceptors (Lipinski definition) is 3. The van der Waals surface area contributed by atoms with E-state index in [9.17, 15) is 5.11 Å². The van der Waals surface area contributed by atoms with E-state index in [2.05, 4.69) is 5.32 Å². The van der Waals surface area contributed by atoms with E-state index < -0.39 is 5.54 Å². The Kier molecular flexibility index (Phi) is 1.68. The summed E-state index contributed by atoms with van der Waals surface area (Å²) in [6.45, 7) is 1.61. The molecule has 1 unspecified atom stereocenters. The fraction of sp³-hybridized carbons (Fsp3) is 0.429. The van der Waals surface area contributed by atoms with Crippen molar-refractivity contribution in [3.63, 3.8) is 0 Å². The number of aliphatic hydroxyl groups excluding tert-OH is 2. The summed E-state index contributed by atoms with van der Waals surface area (Å²) < 4.78 is 0. The molecular weight excluding hydrogens is 130 g/mol. The second kappa shape index (κ2) is 2.34. The third kappa shape index (κ3) is 0.998. The van der Waals surface area contributed by atoms with Crippen LogP contribution in [0.3, 0.4) is 0 Å². The lowest BCUT2D eigenvalue weighted by Gasteiger charge is -2.28. The van der Waals surface area contributed by atoms with Gasteiger partial charge in [-0.05, 0) is 25.3 Å². The molecule has 1 aliphatic heterocycles. The van der Waals surface area contributed by atoms with E-state index in [1.165, 1.54) is 0 Å². The average molecular weight is 141 g/mol. The van der Waals surface area contributed by atoms with Crippen molar-refractivity contribution in [3.8, 4) is 0 Å². The highest BCUT2D eigenvalue weighted by Crippen LogP contribution is 2.15. The lowest BCUT2D eigenvalue weighted by molar-refractivity contribution is 0.166. The summed E-state index contributed by atoms with van der Waals surface area (Å²) in [6, 6.07) is 0. The third-order valence-corrected chi connectivity index (χ3v) is 1.63. The Labute approximate surface area is 59.7 Å². The molecule has 1 aliphatic rings. The van der Waals surface area contributed by atoms with Crippen LogP contribution in [-0.2, 0) is 0 Å². The minimum Gasteiger partial charge on any atom is -0.510 e. The van der Waals surface area contributed by atoms with Crippen molar-refractivity contribution in [1.82, 2.24) is 5.32 Å². The van der Waals surface area contributed by atoms with Gasteiger partial charge in [-0.2, -0.15) is 0 Å². The Bertz CT molecular complexity index is 186. The first kappa shape index (κ1) is 7.15. The Hall–Kier alpha value is -0.960.